The van der Waals surface area contributed by atoms with Crippen LogP contribution in [0.5, 0.6) is 0 Å². The molecule has 0 N–H and O–H groups in total. The van der Waals surface area contributed by atoms with E-state index in [1.54, 1.807) is 24.0 Å². The number of amides is 1. The number of carbonyl (C=O) groups excluding carboxylic acids is 2. The van der Waals surface area contributed by atoms with Crippen molar-refractivity contribution >= 4 is 23.0 Å². The molecule has 9 heteroatoms. The van der Waals surface area contributed by atoms with Crippen molar-refractivity contribution in [3.63, 3.8) is 0 Å². The third-order valence-electron chi connectivity index (χ3n) is 4.79. The minimum atomic E-state index is -0.773. The summed E-state index contributed by atoms with van der Waals surface area (Å²) >= 11 is 0. The molecule has 3 heterocycles. The van der Waals surface area contributed by atoms with Crippen LogP contribution in [-0.2, 0) is 27.9 Å². The minimum absolute atomic E-state index is 0.257. The van der Waals surface area contributed by atoms with Crippen LogP contribution in [0.3, 0.4) is 0 Å². The number of aromatic nitrogens is 3. The van der Waals surface area contributed by atoms with E-state index in [4.69, 9.17) is 4.74 Å². The Morgan fingerprint density at radius 1 is 1.30 bits per heavy atom. The maximum absolute atomic E-state index is 12.8. The Morgan fingerprint density at radius 2 is 2.07 bits per heavy atom. The number of likely N-dealkylation sites (tertiary alicyclic amines) is 1. The second kappa shape index (κ2) is 7.73. The summed E-state index contributed by atoms with van der Waals surface area (Å²) in [4.78, 5) is 55.0. The Morgan fingerprint density at radius 3 is 2.81 bits per heavy atom. The molecule has 0 spiro atoms. The van der Waals surface area contributed by atoms with E-state index in [0.717, 1.165) is 4.57 Å². The maximum atomic E-state index is 12.8. The number of hydrogen-bond acceptors (Lipinski definition) is 6. The van der Waals surface area contributed by atoms with Gasteiger partial charge in [-0.3, -0.25) is 28.3 Å². The van der Waals surface area contributed by atoms with Gasteiger partial charge in [-0.05, 0) is 31.9 Å². The third-order valence-corrected chi connectivity index (χ3v) is 4.79. The number of aryl methyl sites for hydroxylation is 1. The second-order valence-corrected chi connectivity index (χ2v) is 6.53. The Labute approximate surface area is 155 Å². The van der Waals surface area contributed by atoms with Crippen LogP contribution in [0.25, 0.3) is 11.2 Å². The molecule has 0 bridgehead atoms. The van der Waals surface area contributed by atoms with Crippen molar-refractivity contribution in [1.82, 2.24) is 19.0 Å². The van der Waals surface area contributed by atoms with E-state index >= 15 is 0 Å². The molecule has 2 aromatic heterocycles. The van der Waals surface area contributed by atoms with Gasteiger partial charge in [0.25, 0.3) is 0 Å². The summed E-state index contributed by atoms with van der Waals surface area (Å²) in [5, 5.41) is 0. The summed E-state index contributed by atoms with van der Waals surface area (Å²) < 4.78 is 7.38. The number of esters is 1. The van der Waals surface area contributed by atoms with Crippen LogP contribution in [0.1, 0.15) is 19.8 Å². The lowest BCUT2D eigenvalue weighted by molar-refractivity contribution is -0.151. The van der Waals surface area contributed by atoms with Crippen molar-refractivity contribution in [1.29, 1.82) is 0 Å². The van der Waals surface area contributed by atoms with Crippen molar-refractivity contribution < 1.29 is 14.3 Å². The Bertz CT molecular complexity index is 993. The summed E-state index contributed by atoms with van der Waals surface area (Å²) in [6, 6.07) is 3.29. The van der Waals surface area contributed by atoms with E-state index in [9.17, 15) is 19.2 Å². The number of fused-ring (bicyclic) bond motifs is 1. The number of carbonyl (C=O) groups is 2. The Balaban J connectivity index is 1.87. The molecule has 27 heavy (non-hydrogen) atoms. The summed E-state index contributed by atoms with van der Waals surface area (Å²) in [7, 11) is 1.47. The smallest absolute Gasteiger partial charge is 0.317 e. The number of ether oxygens (including phenoxy) is 1. The predicted molar refractivity (Wildman–Crippen MR) is 97.2 cm³/mol. The highest BCUT2D eigenvalue weighted by Crippen LogP contribution is 2.18. The second-order valence-electron chi connectivity index (χ2n) is 6.53. The number of rotatable bonds is 4. The number of hydrogen-bond donors (Lipinski definition) is 0. The zero-order chi connectivity index (χ0) is 19.6. The van der Waals surface area contributed by atoms with Crippen LogP contribution >= 0.6 is 0 Å². The molecule has 1 aliphatic rings. The summed E-state index contributed by atoms with van der Waals surface area (Å²) in [5.74, 6) is -0.985. The molecule has 0 radical (unpaired) electrons. The summed E-state index contributed by atoms with van der Waals surface area (Å²) in [5.41, 5.74) is -0.766. The highest BCUT2D eigenvalue weighted by atomic mass is 16.5. The van der Waals surface area contributed by atoms with E-state index in [1.807, 2.05) is 0 Å². The highest BCUT2D eigenvalue weighted by molar-refractivity contribution is 5.80. The van der Waals surface area contributed by atoms with Gasteiger partial charge < -0.3 is 9.64 Å². The Kier molecular flexibility index (Phi) is 5.38. The van der Waals surface area contributed by atoms with Crippen molar-refractivity contribution in [2.75, 3.05) is 19.7 Å². The lowest BCUT2D eigenvalue weighted by Crippen LogP contribution is -2.47. The molecule has 1 atom stereocenters. The number of nitrogens with zero attached hydrogens (tertiary/aromatic N) is 4. The maximum Gasteiger partial charge on any atom is 0.317 e. The van der Waals surface area contributed by atoms with Gasteiger partial charge in [-0.25, -0.2) is 4.98 Å². The van der Waals surface area contributed by atoms with Gasteiger partial charge in [0.2, 0.25) is 5.91 Å². The first-order valence-electron chi connectivity index (χ1n) is 8.93. The zero-order valence-corrected chi connectivity index (χ0v) is 15.4. The van der Waals surface area contributed by atoms with Crippen molar-refractivity contribution in [2.24, 2.45) is 13.0 Å². The first kappa shape index (κ1) is 18.8. The molecule has 9 nitrogen and oxygen atoms in total. The number of piperidine rings is 1. The van der Waals surface area contributed by atoms with Crippen LogP contribution < -0.4 is 11.1 Å². The molecular formula is C18H22N4O5. The molecule has 1 fully saturated rings. The van der Waals surface area contributed by atoms with Gasteiger partial charge in [-0.15, -0.1) is 0 Å². The lowest BCUT2D eigenvalue weighted by Gasteiger charge is -2.31. The quantitative estimate of drug-likeness (QED) is 0.547. The van der Waals surface area contributed by atoms with E-state index in [2.05, 4.69) is 4.98 Å². The molecule has 0 unspecified atom stereocenters. The van der Waals surface area contributed by atoms with Gasteiger partial charge in [0.1, 0.15) is 6.54 Å². The monoisotopic (exact) mass is 374 g/mol. The van der Waals surface area contributed by atoms with Gasteiger partial charge in [0.15, 0.2) is 5.65 Å². The largest absolute Gasteiger partial charge is 0.466 e. The van der Waals surface area contributed by atoms with Gasteiger partial charge in [-0.2, -0.15) is 0 Å². The zero-order valence-electron chi connectivity index (χ0n) is 15.4. The van der Waals surface area contributed by atoms with Crippen LogP contribution in [-0.4, -0.2) is 50.6 Å². The number of pyridine rings is 1. The van der Waals surface area contributed by atoms with Gasteiger partial charge in [-0.1, -0.05) is 0 Å². The van der Waals surface area contributed by atoms with E-state index in [1.165, 1.54) is 17.8 Å². The van der Waals surface area contributed by atoms with Gasteiger partial charge in [0.05, 0.1) is 18.0 Å². The van der Waals surface area contributed by atoms with Crippen LogP contribution in [0.2, 0.25) is 0 Å². The molecule has 1 aliphatic heterocycles. The van der Waals surface area contributed by atoms with E-state index < -0.39 is 11.1 Å². The molecule has 144 valence electrons. The van der Waals surface area contributed by atoms with Crippen LogP contribution in [0.4, 0.5) is 0 Å². The first-order chi connectivity index (χ1) is 12.9. The molecular weight excluding hydrogens is 352 g/mol. The van der Waals surface area contributed by atoms with Crippen molar-refractivity contribution in [2.45, 2.75) is 26.3 Å². The molecule has 2 aromatic rings. The Hall–Kier alpha value is -2.97. The predicted octanol–water partition coefficient (Wildman–Crippen LogP) is -0.103. The van der Waals surface area contributed by atoms with E-state index in [-0.39, 0.29) is 30.9 Å². The minimum Gasteiger partial charge on any atom is -0.466 e. The lowest BCUT2D eigenvalue weighted by atomic mass is 9.98. The molecule has 0 saturated carbocycles. The fourth-order valence-electron chi connectivity index (χ4n) is 3.37. The third kappa shape index (κ3) is 3.62. The molecule has 3 rings (SSSR count). The standard InChI is InChI=1S/C18H22N4O5/c1-3-27-18(26)12-6-5-9-21(10-12)14(23)11-22-13-7-4-8-19-15(13)20(2)16(24)17(22)25/h4,7-8,12H,3,5-6,9-11H2,1-2H3/t12-/m1/s1. The van der Waals surface area contributed by atoms with Gasteiger partial charge >= 0.3 is 17.1 Å². The molecule has 0 aliphatic carbocycles. The van der Waals surface area contributed by atoms with Crippen LogP contribution in [0, 0.1) is 5.92 Å². The fourth-order valence-corrected chi connectivity index (χ4v) is 3.37. The van der Waals surface area contributed by atoms with E-state index in [0.29, 0.717) is 37.2 Å². The molecule has 0 aromatic carbocycles. The SMILES string of the molecule is CCOC(=O)[C@@H]1CCCN(C(=O)Cn2c(=O)c(=O)n(C)c3ncccc32)C1. The molecule has 1 amide bonds. The van der Waals surface area contributed by atoms with Crippen LogP contribution in [0.15, 0.2) is 27.9 Å². The fraction of sp³-hybridized carbons (Fsp3) is 0.500. The molecule has 1 saturated heterocycles. The summed E-state index contributed by atoms with van der Waals surface area (Å²) in [6.07, 6.45) is 2.87. The topological polar surface area (TPSA) is 104 Å². The highest BCUT2D eigenvalue weighted by Gasteiger charge is 2.29. The van der Waals surface area contributed by atoms with Crippen molar-refractivity contribution in [3.8, 4) is 0 Å². The van der Waals surface area contributed by atoms with Crippen molar-refractivity contribution in [3.05, 3.63) is 39.0 Å². The normalized spacial score (nSPS) is 17.1. The average molecular weight is 374 g/mol. The summed E-state index contributed by atoms with van der Waals surface area (Å²) in [6.45, 7) is 2.53. The van der Waals surface area contributed by atoms with Gasteiger partial charge in [0, 0.05) is 26.3 Å². The average Bonchev–Trinajstić information content (AvgIpc) is 2.69. The first-order valence-corrected chi connectivity index (χ1v) is 8.93.